The topological polar surface area (TPSA) is 104 Å². The summed E-state index contributed by atoms with van der Waals surface area (Å²) in [7, 11) is 4.72. The molecule has 0 radical (unpaired) electrons. The summed E-state index contributed by atoms with van der Waals surface area (Å²) in [5, 5.41) is 10.9. The van der Waals surface area contributed by atoms with Crippen molar-refractivity contribution in [3.63, 3.8) is 0 Å². The van der Waals surface area contributed by atoms with Gasteiger partial charge in [-0.1, -0.05) is 0 Å². The summed E-state index contributed by atoms with van der Waals surface area (Å²) >= 11 is 0. The fraction of sp³-hybridized carbons (Fsp3) is 0.333. The van der Waals surface area contributed by atoms with Crippen LogP contribution in [0.15, 0.2) is 30.5 Å². The van der Waals surface area contributed by atoms with Crippen LogP contribution in [0.25, 0.3) is 0 Å². The number of likely N-dealkylation sites (N-methyl/N-ethyl adjacent to an activating group) is 1. The molecular weight excluding hydrogens is 354 g/mol. The van der Waals surface area contributed by atoms with E-state index >= 15 is 0 Å². The van der Waals surface area contributed by atoms with E-state index in [-0.39, 0.29) is 18.3 Å². The van der Waals surface area contributed by atoms with E-state index in [0.717, 1.165) is 11.1 Å². The van der Waals surface area contributed by atoms with Gasteiger partial charge in [0.15, 0.2) is 18.1 Å². The normalized spacial score (nSPS) is 10.2. The second-order valence-electron chi connectivity index (χ2n) is 5.75. The Balaban J connectivity index is 2.05. The number of nitrogens with zero attached hydrogens (tertiary/aromatic N) is 3. The number of benzene rings is 1. The lowest BCUT2D eigenvalue weighted by Gasteiger charge is -2.20. The van der Waals surface area contributed by atoms with Gasteiger partial charge in [-0.05, 0) is 52.2 Å². The summed E-state index contributed by atoms with van der Waals surface area (Å²) in [4.78, 5) is 27.7. The van der Waals surface area contributed by atoms with Crippen LogP contribution < -0.4 is 14.2 Å². The molecule has 0 bridgehead atoms. The highest BCUT2D eigenvalue weighted by Gasteiger charge is 2.19. The van der Waals surface area contributed by atoms with Gasteiger partial charge in [0.1, 0.15) is 6.20 Å². The largest absolute Gasteiger partial charge is 0.493 e. The van der Waals surface area contributed by atoms with Crippen molar-refractivity contribution in [3.05, 3.63) is 51.7 Å². The van der Waals surface area contributed by atoms with E-state index in [1.54, 1.807) is 21.3 Å². The monoisotopic (exact) mass is 375 g/mol. The first-order valence-corrected chi connectivity index (χ1v) is 8.05. The molecule has 1 aromatic carbocycles. The number of aromatic nitrogens is 1. The second-order valence-corrected chi connectivity index (χ2v) is 5.75. The van der Waals surface area contributed by atoms with Gasteiger partial charge in [-0.25, -0.2) is 0 Å². The molecule has 0 saturated carbocycles. The molecule has 0 aliphatic carbocycles. The van der Waals surface area contributed by atoms with Crippen LogP contribution in [-0.2, 0) is 11.3 Å². The zero-order valence-corrected chi connectivity index (χ0v) is 15.6. The van der Waals surface area contributed by atoms with Crippen LogP contribution in [0.2, 0.25) is 0 Å². The van der Waals surface area contributed by atoms with Crippen molar-refractivity contribution < 1.29 is 23.9 Å². The minimum Gasteiger partial charge on any atom is -0.493 e. The van der Waals surface area contributed by atoms with Gasteiger partial charge in [0.2, 0.25) is 5.75 Å². The van der Waals surface area contributed by atoms with E-state index in [1.165, 1.54) is 23.2 Å². The minimum atomic E-state index is -0.656. The molecule has 1 aromatic heterocycles. The number of nitro groups is 1. The highest BCUT2D eigenvalue weighted by Crippen LogP contribution is 2.30. The lowest BCUT2D eigenvalue weighted by Crippen LogP contribution is -2.31. The van der Waals surface area contributed by atoms with E-state index < -0.39 is 10.7 Å². The summed E-state index contributed by atoms with van der Waals surface area (Å²) in [5.41, 5.74) is 1.83. The highest BCUT2D eigenvalue weighted by atomic mass is 16.6. The van der Waals surface area contributed by atoms with Gasteiger partial charge in [0, 0.05) is 13.6 Å². The summed E-state index contributed by atoms with van der Waals surface area (Å²) in [6.45, 7) is 1.89. The zero-order valence-electron chi connectivity index (χ0n) is 15.6. The van der Waals surface area contributed by atoms with Gasteiger partial charge in [0.25, 0.3) is 5.91 Å². The minimum absolute atomic E-state index is 0.0495. The Morgan fingerprint density at radius 3 is 2.52 bits per heavy atom. The lowest BCUT2D eigenvalue weighted by molar-refractivity contribution is -0.390. The Labute approximate surface area is 156 Å². The quantitative estimate of drug-likeness (QED) is 0.515. The molecule has 2 rings (SSSR count). The Morgan fingerprint density at radius 2 is 1.89 bits per heavy atom. The number of aryl methyl sites for hydroxylation is 1. The lowest BCUT2D eigenvalue weighted by atomic mass is 10.1. The molecule has 27 heavy (non-hydrogen) atoms. The van der Waals surface area contributed by atoms with E-state index in [2.05, 4.69) is 4.98 Å². The predicted octanol–water partition coefficient (Wildman–Crippen LogP) is 2.35. The van der Waals surface area contributed by atoms with Crippen LogP contribution in [0.5, 0.6) is 17.2 Å². The maximum Gasteiger partial charge on any atom is 0.406 e. The summed E-state index contributed by atoms with van der Waals surface area (Å²) in [6, 6.07) is 6.55. The van der Waals surface area contributed by atoms with Gasteiger partial charge in [-0.15, -0.1) is 0 Å². The number of hydrogen-bond acceptors (Lipinski definition) is 7. The molecule has 9 heteroatoms. The molecule has 0 spiro atoms. The molecule has 0 fully saturated rings. The number of rotatable bonds is 8. The molecule has 1 heterocycles. The second kappa shape index (κ2) is 8.84. The molecule has 144 valence electrons. The average molecular weight is 375 g/mol. The average Bonchev–Trinajstić information content (AvgIpc) is 2.67. The number of methoxy groups -OCH3 is 2. The van der Waals surface area contributed by atoms with Crippen molar-refractivity contribution in [2.45, 2.75) is 13.5 Å². The summed E-state index contributed by atoms with van der Waals surface area (Å²) < 4.78 is 15.8. The number of carbonyl (C=O) groups is 1. The zero-order chi connectivity index (χ0) is 20.0. The van der Waals surface area contributed by atoms with Crippen LogP contribution >= 0.6 is 0 Å². The summed E-state index contributed by atoms with van der Waals surface area (Å²) in [5.74, 6) is 0.374. The van der Waals surface area contributed by atoms with E-state index in [0.29, 0.717) is 18.0 Å². The molecule has 0 unspecified atom stereocenters. The highest BCUT2D eigenvalue weighted by molar-refractivity contribution is 5.77. The Hall–Kier alpha value is -3.36. The van der Waals surface area contributed by atoms with Gasteiger partial charge in [-0.2, -0.15) is 0 Å². The number of pyridine rings is 1. The van der Waals surface area contributed by atoms with Crippen LogP contribution in [-0.4, -0.2) is 48.6 Å². The van der Waals surface area contributed by atoms with Crippen molar-refractivity contribution in [1.29, 1.82) is 0 Å². The van der Waals surface area contributed by atoms with Crippen molar-refractivity contribution >= 4 is 11.7 Å². The molecule has 0 atom stereocenters. The number of ether oxygens (including phenoxy) is 3. The molecule has 2 aromatic rings. The Bertz CT molecular complexity index is 840. The van der Waals surface area contributed by atoms with Crippen LogP contribution in [0, 0.1) is 17.0 Å². The molecular formula is C18H21N3O6. The smallest absolute Gasteiger partial charge is 0.406 e. The summed E-state index contributed by atoms with van der Waals surface area (Å²) in [6.07, 6.45) is 1.29. The standard InChI is InChI=1S/C18H21N3O6/c1-12-8-15(25-3)16(26-4)9-13(12)10-20(2)17(22)11-27-14-6-5-7-19-18(14)21(23)24/h5-9H,10-11H2,1-4H3. The fourth-order valence-corrected chi connectivity index (χ4v) is 2.42. The number of hydrogen-bond donors (Lipinski definition) is 0. The van der Waals surface area contributed by atoms with Crippen LogP contribution in [0.4, 0.5) is 5.82 Å². The van der Waals surface area contributed by atoms with E-state index in [1.807, 2.05) is 19.1 Å². The first kappa shape index (κ1) is 20.0. The van der Waals surface area contributed by atoms with Crippen molar-refractivity contribution in [2.75, 3.05) is 27.9 Å². The first-order valence-electron chi connectivity index (χ1n) is 8.05. The third-order valence-corrected chi connectivity index (χ3v) is 3.95. The molecule has 0 N–H and O–H groups in total. The van der Waals surface area contributed by atoms with Gasteiger partial charge >= 0.3 is 5.82 Å². The van der Waals surface area contributed by atoms with E-state index in [9.17, 15) is 14.9 Å². The fourth-order valence-electron chi connectivity index (χ4n) is 2.42. The SMILES string of the molecule is COc1cc(C)c(CN(C)C(=O)COc2cccnc2[N+](=O)[O-])cc1OC. The van der Waals surface area contributed by atoms with Crippen LogP contribution in [0.1, 0.15) is 11.1 Å². The van der Waals surface area contributed by atoms with Crippen molar-refractivity contribution in [1.82, 2.24) is 9.88 Å². The van der Waals surface area contributed by atoms with Gasteiger partial charge < -0.3 is 29.2 Å². The third-order valence-electron chi connectivity index (χ3n) is 3.95. The van der Waals surface area contributed by atoms with Crippen molar-refractivity contribution in [3.8, 4) is 17.2 Å². The van der Waals surface area contributed by atoms with Crippen LogP contribution in [0.3, 0.4) is 0 Å². The molecule has 0 aliphatic rings. The van der Waals surface area contributed by atoms with E-state index in [4.69, 9.17) is 14.2 Å². The third kappa shape index (κ3) is 4.84. The Morgan fingerprint density at radius 1 is 1.22 bits per heavy atom. The van der Waals surface area contributed by atoms with Crippen molar-refractivity contribution in [2.24, 2.45) is 0 Å². The van der Waals surface area contributed by atoms with Gasteiger partial charge in [0.05, 0.1) is 14.2 Å². The molecule has 0 aliphatic heterocycles. The predicted molar refractivity (Wildman–Crippen MR) is 97.1 cm³/mol. The van der Waals surface area contributed by atoms with Gasteiger partial charge in [-0.3, -0.25) is 4.79 Å². The molecule has 0 saturated heterocycles. The maximum absolute atomic E-state index is 12.3. The first-order chi connectivity index (χ1) is 12.9. The number of carbonyl (C=O) groups excluding carboxylic acids is 1. The number of amides is 1. The Kier molecular flexibility index (Phi) is 6.53. The molecule has 1 amide bonds. The molecule has 9 nitrogen and oxygen atoms in total. The maximum atomic E-state index is 12.3.